The molecule has 0 radical (unpaired) electrons. The highest BCUT2D eigenvalue weighted by Gasteiger charge is 2.43. The van der Waals surface area contributed by atoms with Crippen molar-refractivity contribution in [3.05, 3.63) is 30.1 Å². The van der Waals surface area contributed by atoms with Gasteiger partial charge in [-0.05, 0) is 74.0 Å². The Hall–Kier alpha value is -2.90. The van der Waals surface area contributed by atoms with E-state index in [1.165, 1.54) is 0 Å². The molecular formula is C29H41N5O3. The van der Waals surface area contributed by atoms with E-state index in [9.17, 15) is 14.4 Å². The summed E-state index contributed by atoms with van der Waals surface area (Å²) >= 11 is 0. The molecule has 0 unspecified atom stereocenters. The summed E-state index contributed by atoms with van der Waals surface area (Å²) in [6.07, 6.45) is 7.13. The van der Waals surface area contributed by atoms with Gasteiger partial charge in [0.25, 0.3) is 5.91 Å². The fourth-order valence-electron chi connectivity index (χ4n) is 6.73. The van der Waals surface area contributed by atoms with Crippen LogP contribution in [0.25, 0.3) is 11.0 Å². The Kier molecular flexibility index (Phi) is 7.54. The van der Waals surface area contributed by atoms with Gasteiger partial charge in [-0.1, -0.05) is 20.8 Å². The number of carbonyl (C=O) groups is 3. The van der Waals surface area contributed by atoms with Crippen molar-refractivity contribution in [1.29, 1.82) is 0 Å². The van der Waals surface area contributed by atoms with Crippen LogP contribution >= 0.6 is 0 Å². The van der Waals surface area contributed by atoms with E-state index in [-0.39, 0.29) is 41.6 Å². The Balaban J connectivity index is 1.33. The van der Waals surface area contributed by atoms with Gasteiger partial charge < -0.3 is 20.1 Å². The van der Waals surface area contributed by atoms with Gasteiger partial charge in [0.2, 0.25) is 11.8 Å². The summed E-state index contributed by atoms with van der Waals surface area (Å²) in [5.41, 5.74) is 2.38. The van der Waals surface area contributed by atoms with Gasteiger partial charge in [-0.3, -0.25) is 14.4 Å². The summed E-state index contributed by atoms with van der Waals surface area (Å²) in [4.78, 5) is 51.3. The molecule has 200 valence electrons. The molecule has 0 spiro atoms. The van der Waals surface area contributed by atoms with Crippen molar-refractivity contribution in [3.8, 4) is 0 Å². The second kappa shape index (κ2) is 10.8. The molecule has 2 aromatic rings. The number of H-pyrrole nitrogens is 1. The highest BCUT2D eigenvalue weighted by Crippen LogP contribution is 2.37. The zero-order valence-corrected chi connectivity index (χ0v) is 22.4. The second-order valence-corrected chi connectivity index (χ2v) is 12.0. The predicted molar refractivity (Wildman–Crippen MR) is 143 cm³/mol. The lowest BCUT2D eigenvalue weighted by atomic mass is 9.77. The number of rotatable bonds is 2. The van der Waals surface area contributed by atoms with Gasteiger partial charge in [-0.25, -0.2) is 4.98 Å². The largest absolute Gasteiger partial charge is 0.353 e. The fraction of sp³-hybridized carbons (Fsp3) is 0.655. The molecule has 1 aromatic heterocycles. The summed E-state index contributed by atoms with van der Waals surface area (Å²) in [5.74, 6) is 1.59. The van der Waals surface area contributed by atoms with Crippen LogP contribution in [0.5, 0.6) is 0 Å². The molecule has 8 heteroatoms. The molecule has 5 atom stereocenters. The Morgan fingerprint density at radius 1 is 1.11 bits per heavy atom. The third kappa shape index (κ3) is 5.68. The monoisotopic (exact) mass is 507 g/mol. The number of fused-ring (bicyclic) bond motifs is 5. The standard InChI is InChI=1S/C29H41N5O3/c1-18(2)23-9-7-19(3)11-28(36)34-15-20-12-22(26(34)5-4-6-27(35)32-23)16-33(14-20)29(37)21-8-10-24-25(13-21)31-17-30-24/h8,10,13,17-20,22-23,26H,4-7,9,11-12,14-16H2,1-3H3,(H,30,31)(H,32,35)/t19-,20+,22-,23+,26+/m1/s1. The Morgan fingerprint density at radius 3 is 2.76 bits per heavy atom. The lowest BCUT2D eigenvalue weighted by Gasteiger charge is -2.51. The first-order valence-corrected chi connectivity index (χ1v) is 14.1. The van der Waals surface area contributed by atoms with Gasteiger partial charge in [0.1, 0.15) is 0 Å². The van der Waals surface area contributed by atoms with Gasteiger partial charge in [-0.2, -0.15) is 0 Å². The number of benzene rings is 1. The quantitative estimate of drug-likeness (QED) is 0.642. The van der Waals surface area contributed by atoms with Crippen LogP contribution in [0.3, 0.4) is 0 Å². The van der Waals surface area contributed by atoms with Crippen LogP contribution in [0.4, 0.5) is 0 Å². The number of hydrogen-bond acceptors (Lipinski definition) is 4. The number of aromatic amines is 1. The minimum Gasteiger partial charge on any atom is -0.353 e. The molecule has 37 heavy (non-hydrogen) atoms. The minimum absolute atomic E-state index is 0.0448. The van der Waals surface area contributed by atoms with E-state index < -0.39 is 0 Å². The Morgan fingerprint density at radius 2 is 1.95 bits per heavy atom. The van der Waals surface area contributed by atoms with Gasteiger partial charge in [-0.15, -0.1) is 0 Å². The number of aromatic nitrogens is 2. The SMILES string of the molecule is CC(C)[C@@H]1CC[C@@H](C)CC(=O)N2C[C@H]3C[C@H](CN(C(=O)c4ccc5nc[nH]c5c4)C3)[C@@H]2CCCC(=O)N1. The Bertz CT molecular complexity index is 1140. The van der Waals surface area contributed by atoms with Crippen molar-refractivity contribution in [3.63, 3.8) is 0 Å². The van der Waals surface area contributed by atoms with Crippen molar-refractivity contribution in [2.75, 3.05) is 19.6 Å². The first kappa shape index (κ1) is 25.7. The van der Waals surface area contributed by atoms with E-state index >= 15 is 0 Å². The van der Waals surface area contributed by atoms with Crippen LogP contribution in [0.1, 0.15) is 76.1 Å². The molecule has 2 bridgehead atoms. The fourth-order valence-corrected chi connectivity index (χ4v) is 6.73. The number of imidazole rings is 1. The van der Waals surface area contributed by atoms with Crippen molar-refractivity contribution in [2.24, 2.45) is 23.7 Å². The number of nitrogens with one attached hydrogen (secondary N) is 2. The number of carbonyl (C=O) groups excluding carboxylic acids is 3. The van der Waals surface area contributed by atoms with Crippen LogP contribution in [0.2, 0.25) is 0 Å². The van der Waals surface area contributed by atoms with E-state index in [4.69, 9.17) is 0 Å². The average Bonchev–Trinajstić information content (AvgIpc) is 3.34. The third-order valence-corrected chi connectivity index (χ3v) is 8.79. The summed E-state index contributed by atoms with van der Waals surface area (Å²) in [5, 5.41) is 3.26. The molecule has 0 saturated carbocycles. The van der Waals surface area contributed by atoms with E-state index in [1.807, 2.05) is 23.1 Å². The highest BCUT2D eigenvalue weighted by atomic mass is 16.2. The molecule has 3 aliphatic rings. The van der Waals surface area contributed by atoms with Gasteiger partial charge >= 0.3 is 0 Å². The predicted octanol–water partition coefficient (Wildman–Crippen LogP) is 3.98. The molecular weight excluding hydrogens is 466 g/mol. The highest BCUT2D eigenvalue weighted by molar-refractivity contribution is 5.97. The van der Waals surface area contributed by atoms with E-state index in [0.29, 0.717) is 49.9 Å². The molecule has 3 amide bonds. The van der Waals surface area contributed by atoms with Crippen molar-refractivity contribution >= 4 is 28.8 Å². The number of hydrogen-bond donors (Lipinski definition) is 2. The summed E-state index contributed by atoms with van der Waals surface area (Å²) in [7, 11) is 0. The summed E-state index contributed by atoms with van der Waals surface area (Å²) in [6.45, 7) is 8.51. The molecule has 4 heterocycles. The van der Waals surface area contributed by atoms with Crippen molar-refractivity contribution in [2.45, 2.75) is 77.8 Å². The Labute approximate surface area is 219 Å². The smallest absolute Gasteiger partial charge is 0.253 e. The summed E-state index contributed by atoms with van der Waals surface area (Å²) in [6, 6.07) is 5.86. The van der Waals surface area contributed by atoms with Crippen LogP contribution in [0, 0.1) is 23.7 Å². The van der Waals surface area contributed by atoms with Gasteiger partial charge in [0.05, 0.1) is 17.4 Å². The van der Waals surface area contributed by atoms with Crippen molar-refractivity contribution in [1.82, 2.24) is 25.1 Å². The van der Waals surface area contributed by atoms with E-state index in [2.05, 4.69) is 41.0 Å². The van der Waals surface area contributed by atoms with Crippen LogP contribution in [-0.4, -0.2) is 69.2 Å². The lowest BCUT2D eigenvalue weighted by molar-refractivity contribution is -0.141. The molecule has 0 aliphatic carbocycles. The average molecular weight is 508 g/mol. The molecule has 2 N–H and O–H groups in total. The topological polar surface area (TPSA) is 98.4 Å². The third-order valence-electron chi connectivity index (χ3n) is 8.79. The molecule has 3 fully saturated rings. The number of piperidine rings is 2. The lowest BCUT2D eigenvalue weighted by Crippen LogP contribution is -2.60. The van der Waals surface area contributed by atoms with Gasteiger partial charge in [0.15, 0.2) is 0 Å². The molecule has 1 aromatic carbocycles. The molecule has 3 saturated heterocycles. The normalized spacial score (nSPS) is 29.8. The first-order valence-electron chi connectivity index (χ1n) is 14.1. The van der Waals surface area contributed by atoms with Gasteiger partial charge in [0, 0.05) is 50.1 Å². The first-order chi connectivity index (χ1) is 17.8. The number of likely N-dealkylation sites (tertiary alicyclic amines) is 1. The summed E-state index contributed by atoms with van der Waals surface area (Å²) < 4.78 is 0. The maximum Gasteiger partial charge on any atom is 0.253 e. The van der Waals surface area contributed by atoms with Crippen molar-refractivity contribution < 1.29 is 14.4 Å². The molecule has 3 aliphatic heterocycles. The van der Waals surface area contributed by atoms with Crippen LogP contribution in [-0.2, 0) is 9.59 Å². The minimum atomic E-state index is 0.0448. The zero-order chi connectivity index (χ0) is 26.1. The maximum atomic E-state index is 13.6. The zero-order valence-electron chi connectivity index (χ0n) is 22.4. The van der Waals surface area contributed by atoms with Crippen LogP contribution < -0.4 is 5.32 Å². The van der Waals surface area contributed by atoms with E-state index in [0.717, 1.165) is 43.1 Å². The second-order valence-electron chi connectivity index (χ2n) is 12.0. The number of amides is 3. The molecule has 8 nitrogen and oxygen atoms in total. The van der Waals surface area contributed by atoms with E-state index in [1.54, 1.807) is 6.33 Å². The molecule has 5 rings (SSSR count). The maximum absolute atomic E-state index is 13.6. The van der Waals surface area contributed by atoms with Crippen LogP contribution in [0.15, 0.2) is 24.5 Å². The number of nitrogens with zero attached hydrogens (tertiary/aromatic N) is 3.